The number of alkyl halides is 3. The van der Waals surface area contributed by atoms with Crippen molar-refractivity contribution in [2.24, 2.45) is 0 Å². The van der Waals surface area contributed by atoms with E-state index in [0.29, 0.717) is 11.4 Å². The highest BCUT2D eigenvalue weighted by Crippen LogP contribution is 2.34. The highest BCUT2D eigenvalue weighted by atomic mass is 19.4. The molecule has 0 fully saturated rings. The van der Waals surface area contributed by atoms with Crippen molar-refractivity contribution in [3.63, 3.8) is 0 Å². The first-order valence-electron chi connectivity index (χ1n) is 7.55. The highest BCUT2D eigenvalue weighted by molar-refractivity contribution is 5.95. The molecule has 0 spiro atoms. The number of carbonyl (C=O) groups is 1. The maximum absolute atomic E-state index is 12.9. The van der Waals surface area contributed by atoms with E-state index in [9.17, 15) is 18.0 Å². The van der Waals surface area contributed by atoms with Crippen LogP contribution in [0, 0.1) is 6.92 Å². The maximum atomic E-state index is 12.9. The van der Waals surface area contributed by atoms with E-state index in [-0.39, 0.29) is 12.3 Å². The number of rotatable bonds is 5. The molecule has 0 aliphatic carbocycles. The molecular formula is C18H19F3N2O2. The molecule has 0 heterocycles. The van der Waals surface area contributed by atoms with Crippen LogP contribution in [0.4, 0.5) is 24.5 Å². The van der Waals surface area contributed by atoms with E-state index >= 15 is 0 Å². The van der Waals surface area contributed by atoms with Gasteiger partial charge < -0.3 is 15.0 Å². The first kappa shape index (κ1) is 18.6. The monoisotopic (exact) mass is 352 g/mol. The van der Waals surface area contributed by atoms with Crippen molar-refractivity contribution in [2.45, 2.75) is 13.1 Å². The number of halogens is 3. The number of anilines is 2. The van der Waals surface area contributed by atoms with E-state index in [4.69, 9.17) is 4.74 Å². The molecule has 1 amide bonds. The molecular weight excluding hydrogens is 333 g/mol. The summed E-state index contributed by atoms with van der Waals surface area (Å²) in [5, 5.41) is 2.49. The number of para-hydroxylation sites is 1. The second kappa shape index (κ2) is 7.46. The lowest BCUT2D eigenvalue weighted by atomic mass is 10.1. The second-order valence-corrected chi connectivity index (χ2v) is 5.73. The van der Waals surface area contributed by atoms with Crippen LogP contribution in [0.5, 0.6) is 5.75 Å². The summed E-state index contributed by atoms with van der Waals surface area (Å²) in [4.78, 5) is 13.7. The number of hydrogen-bond acceptors (Lipinski definition) is 3. The quantitative estimate of drug-likeness (QED) is 0.881. The van der Waals surface area contributed by atoms with Gasteiger partial charge >= 0.3 is 6.18 Å². The third-order valence-corrected chi connectivity index (χ3v) is 3.53. The van der Waals surface area contributed by atoms with Gasteiger partial charge in [0.2, 0.25) is 0 Å². The number of ether oxygens (including phenoxy) is 1. The van der Waals surface area contributed by atoms with Gasteiger partial charge in [0, 0.05) is 14.1 Å². The fourth-order valence-corrected chi connectivity index (χ4v) is 2.25. The number of nitrogens with one attached hydrogen (secondary N) is 1. The van der Waals surface area contributed by atoms with Crippen molar-refractivity contribution < 1.29 is 22.7 Å². The predicted octanol–water partition coefficient (Wildman–Crippen LogP) is 4.10. The van der Waals surface area contributed by atoms with Gasteiger partial charge in [0.05, 0.1) is 16.9 Å². The van der Waals surface area contributed by atoms with Gasteiger partial charge in [-0.05, 0) is 36.8 Å². The summed E-state index contributed by atoms with van der Waals surface area (Å²) in [6, 6.07) is 10.4. The molecule has 2 aromatic rings. The van der Waals surface area contributed by atoms with Crippen LogP contribution in [0.1, 0.15) is 11.1 Å². The van der Waals surface area contributed by atoms with Crippen LogP contribution in [0.3, 0.4) is 0 Å². The zero-order valence-corrected chi connectivity index (χ0v) is 14.1. The number of aryl methyl sites for hydroxylation is 1. The van der Waals surface area contributed by atoms with Crippen LogP contribution in [0.2, 0.25) is 0 Å². The molecule has 0 saturated carbocycles. The minimum Gasteiger partial charge on any atom is -0.483 e. The third-order valence-electron chi connectivity index (χ3n) is 3.53. The molecule has 0 bridgehead atoms. The minimum atomic E-state index is -4.48. The van der Waals surface area contributed by atoms with Crippen LogP contribution >= 0.6 is 0 Å². The summed E-state index contributed by atoms with van der Waals surface area (Å²) < 4.78 is 44.1. The Balaban J connectivity index is 2.14. The van der Waals surface area contributed by atoms with Crippen LogP contribution in [0.15, 0.2) is 42.5 Å². The topological polar surface area (TPSA) is 41.6 Å². The Labute approximate surface area is 144 Å². The van der Waals surface area contributed by atoms with Crippen LogP contribution < -0.4 is 15.0 Å². The molecule has 0 aliphatic heterocycles. The van der Waals surface area contributed by atoms with Gasteiger partial charge in [0.15, 0.2) is 6.61 Å². The Bertz CT molecular complexity index is 758. The molecule has 0 aromatic heterocycles. The molecule has 134 valence electrons. The number of amides is 1. The van der Waals surface area contributed by atoms with E-state index in [1.165, 1.54) is 6.07 Å². The average molecular weight is 352 g/mol. The zero-order chi connectivity index (χ0) is 18.6. The summed E-state index contributed by atoms with van der Waals surface area (Å²) >= 11 is 0. The minimum absolute atomic E-state index is 0.0817. The molecule has 1 N–H and O–H groups in total. The summed E-state index contributed by atoms with van der Waals surface area (Å²) in [5.74, 6) is 0.0141. The van der Waals surface area contributed by atoms with E-state index in [2.05, 4.69) is 5.32 Å². The molecule has 2 rings (SSSR count). The van der Waals surface area contributed by atoms with Gasteiger partial charge in [0.25, 0.3) is 5.91 Å². The van der Waals surface area contributed by atoms with Gasteiger partial charge in [-0.2, -0.15) is 13.2 Å². The fraction of sp³-hybridized carbons (Fsp3) is 0.278. The lowest BCUT2D eigenvalue weighted by Gasteiger charge is -2.20. The summed E-state index contributed by atoms with van der Waals surface area (Å²) in [7, 11) is 3.37. The second-order valence-electron chi connectivity index (χ2n) is 5.73. The molecule has 0 atom stereocenters. The van der Waals surface area contributed by atoms with Gasteiger partial charge in [0.1, 0.15) is 5.75 Å². The largest absolute Gasteiger partial charge is 0.483 e. The molecule has 0 radical (unpaired) electrons. The molecule has 0 aliphatic rings. The Kier molecular flexibility index (Phi) is 5.56. The fourth-order valence-electron chi connectivity index (χ4n) is 2.25. The average Bonchev–Trinajstić information content (AvgIpc) is 2.53. The summed E-state index contributed by atoms with van der Waals surface area (Å²) in [5.41, 5.74) is 0.590. The normalized spacial score (nSPS) is 11.1. The molecule has 7 heteroatoms. The Morgan fingerprint density at radius 2 is 1.84 bits per heavy atom. The van der Waals surface area contributed by atoms with Gasteiger partial charge in [-0.15, -0.1) is 0 Å². The standard InChI is InChI=1S/C18H19F3N2O2/c1-12-6-4-5-7-16(12)25-11-17(24)22-14-10-13(18(19,20)21)8-9-15(14)23(2)3/h4-10H,11H2,1-3H3,(H,22,24). The Morgan fingerprint density at radius 1 is 1.16 bits per heavy atom. The maximum Gasteiger partial charge on any atom is 0.416 e. The SMILES string of the molecule is Cc1ccccc1OCC(=O)Nc1cc(C(F)(F)F)ccc1N(C)C. The first-order chi connectivity index (χ1) is 11.7. The number of carbonyl (C=O) groups excluding carboxylic acids is 1. The lowest BCUT2D eigenvalue weighted by molar-refractivity contribution is -0.137. The van der Waals surface area contributed by atoms with Crippen molar-refractivity contribution in [3.05, 3.63) is 53.6 Å². The van der Waals surface area contributed by atoms with E-state index in [1.807, 2.05) is 19.1 Å². The highest BCUT2D eigenvalue weighted by Gasteiger charge is 2.31. The van der Waals surface area contributed by atoms with Crippen molar-refractivity contribution in [1.29, 1.82) is 0 Å². The zero-order valence-electron chi connectivity index (χ0n) is 14.1. The van der Waals surface area contributed by atoms with Crippen LogP contribution in [0.25, 0.3) is 0 Å². The van der Waals surface area contributed by atoms with Crippen molar-refractivity contribution >= 4 is 17.3 Å². The van der Waals surface area contributed by atoms with Crippen molar-refractivity contribution in [3.8, 4) is 5.75 Å². The summed E-state index contributed by atoms with van der Waals surface area (Å²) in [6.07, 6.45) is -4.48. The molecule has 2 aromatic carbocycles. The number of hydrogen-bond donors (Lipinski definition) is 1. The molecule has 25 heavy (non-hydrogen) atoms. The number of nitrogens with zero attached hydrogens (tertiary/aromatic N) is 1. The Morgan fingerprint density at radius 3 is 2.44 bits per heavy atom. The van der Waals surface area contributed by atoms with Gasteiger partial charge in [-0.1, -0.05) is 18.2 Å². The Hall–Kier alpha value is -2.70. The molecule has 0 saturated heterocycles. The smallest absolute Gasteiger partial charge is 0.416 e. The van der Waals surface area contributed by atoms with Crippen molar-refractivity contribution in [2.75, 3.05) is 30.9 Å². The van der Waals surface area contributed by atoms with Crippen molar-refractivity contribution in [1.82, 2.24) is 0 Å². The third kappa shape index (κ3) is 4.89. The molecule has 4 nitrogen and oxygen atoms in total. The predicted molar refractivity (Wildman–Crippen MR) is 91.1 cm³/mol. The van der Waals surface area contributed by atoms with Gasteiger partial charge in [-0.3, -0.25) is 4.79 Å². The summed E-state index contributed by atoms with van der Waals surface area (Å²) in [6.45, 7) is 1.54. The van der Waals surface area contributed by atoms with Crippen LogP contribution in [-0.2, 0) is 11.0 Å². The lowest BCUT2D eigenvalue weighted by Crippen LogP contribution is -2.22. The van der Waals surface area contributed by atoms with E-state index in [1.54, 1.807) is 31.1 Å². The molecule has 0 unspecified atom stereocenters. The van der Waals surface area contributed by atoms with Gasteiger partial charge in [-0.25, -0.2) is 0 Å². The number of benzene rings is 2. The van der Waals surface area contributed by atoms with E-state index < -0.39 is 17.6 Å². The van der Waals surface area contributed by atoms with Crippen LogP contribution in [-0.4, -0.2) is 26.6 Å². The first-order valence-corrected chi connectivity index (χ1v) is 7.55. The van der Waals surface area contributed by atoms with E-state index in [0.717, 1.165) is 17.7 Å².